The fraction of sp³-hybridized carbons (Fsp3) is 0.650. The predicted molar refractivity (Wildman–Crippen MR) is 111 cm³/mol. The average Bonchev–Trinajstić information content (AvgIpc) is 3.38. The fourth-order valence-electron chi connectivity index (χ4n) is 4.39. The molecule has 2 N–H and O–H groups in total. The monoisotopic (exact) mass is 468 g/mol. The molecule has 0 spiro atoms. The normalized spacial score (nSPS) is 31.7. The molecule has 5 atom stereocenters. The summed E-state index contributed by atoms with van der Waals surface area (Å²) in [6.45, 7) is 4.67. The molecule has 32 heavy (non-hydrogen) atoms. The van der Waals surface area contributed by atoms with E-state index in [0.717, 1.165) is 19.3 Å². The first-order valence-electron chi connectivity index (χ1n) is 10.6. The first-order chi connectivity index (χ1) is 15.3. The third kappa shape index (κ3) is 4.16. The Morgan fingerprint density at radius 1 is 1.38 bits per heavy atom. The Morgan fingerprint density at radius 3 is 2.94 bits per heavy atom. The Hall–Kier alpha value is -2.02. The molecule has 2 aromatic rings. The molecular weight excluding hydrogens is 444 g/mol. The number of rotatable bonds is 5. The Labute approximate surface area is 188 Å². The molecule has 3 fully saturated rings. The molecule has 1 amide bonds. The number of carbonyl (C=O) groups is 1. The Kier molecular flexibility index (Phi) is 5.72. The highest BCUT2D eigenvalue weighted by atomic mass is 35.5. The van der Waals surface area contributed by atoms with Crippen molar-refractivity contribution in [1.29, 1.82) is 0 Å². The van der Waals surface area contributed by atoms with Gasteiger partial charge in [-0.15, -0.1) is 0 Å². The summed E-state index contributed by atoms with van der Waals surface area (Å²) in [7, 11) is 0. The molecule has 174 valence electrons. The van der Waals surface area contributed by atoms with Crippen molar-refractivity contribution in [3.8, 4) is 0 Å². The predicted octanol–water partition coefficient (Wildman–Crippen LogP) is 3.14. The van der Waals surface area contributed by atoms with Crippen LogP contribution in [0.5, 0.6) is 0 Å². The van der Waals surface area contributed by atoms with Crippen LogP contribution in [0.1, 0.15) is 39.3 Å². The van der Waals surface area contributed by atoms with Crippen LogP contribution in [0, 0.1) is 0 Å². The summed E-state index contributed by atoms with van der Waals surface area (Å²) in [4.78, 5) is 19.8. The number of imidazole rings is 1. The number of aromatic nitrogens is 3. The number of fused-ring (bicyclic) bond motifs is 2. The highest BCUT2D eigenvalue weighted by molar-refractivity contribution is 6.35. The molecule has 3 aliphatic heterocycles. The van der Waals surface area contributed by atoms with Crippen molar-refractivity contribution < 1.29 is 33.6 Å². The van der Waals surface area contributed by atoms with Gasteiger partial charge in [-0.1, -0.05) is 11.6 Å². The van der Waals surface area contributed by atoms with Crippen LogP contribution in [-0.2, 0) is 23.7 Å². The lowest BCUT2D eigenvalue weighted by molar-refractivity contribution is -0.219. The van der Waals surface area contributed by atoms with Gasteiger partial charge < -0.3 is 28.8 Å². The maximum atomic E-state index is 11.1. The van der Waals surface area contributed by atoms with Gasteiger partial charge in [0, 0.05) is 12.7 Å². The van der Waals surface area contributed by atoms with Crippen LogP contribution < -0.4 is 5.32 Å². The largest absolute Gasteiger partial charge is 0.465 e. The fourth-order valence-corrected chi connectivity index (χ4v) is 4.63. The van der Waals surface area contributed by atoms with Gasteiger partial charge in [-0.2, -0.15) is 0 Å². The first kappa shape index (κ1) is 21.8. The Morgan fingerprint density at radius 2 is 2.19 bits per heavy atom. The minimum absolute atomic E-state index is 0.0875. The second-order valence-corrected chi connectivity index (χ2v) is 8.91. The summed E-state index contributed by atoms with van der Waals surface area (Å²) in [6, 6.07) is 1.41. The molecule has 0 saturated carbocycles. The third-order valence-corrected chi connectivity index (χ3v) is 5.99. The van der Waals surface area contributed by atoms with Gasteiger partial charge in [-0.05, 0) is 33.1 Å². The standard InChI is InChI=1S/C20H25ClN4O7/c1-20(2)31-15-11(8-29-13-5-3-4-6-28-13)30-18(16(15)32-20)25-9-22-14-10(21)7-12(23-17(14)25)24-19(26)27/h7,9,11,13,15-16,18H,3-6,8H2,1-2H3,(H,23,24)(H,26,27)/t11-,13?,15-,16-,18-/m1/s1. The van der Waals surface area contributed by atoms with E-state index in [0.29, 0.717) is 17.8 Å². The van der Waals surface area contributed by atoms with Crippen molar-refractivity contribution in [3.05, 3.63) is 17.4 Å². The molecular formula is C20H25ClN4O7. The number of carboxylic acid groups (broad SMARTS) is 1. The molecule has 0 radical (unpaired) electrons. The van der Waals surface area contributed by atoms with E-state index in [1.165, 1.54) is 6.07 Å². The summed E-state index contributed by atoms with van der Waals surface area (Å²) < 4.78 is 31.9. The molecule has 11 nitrogen and oxygen atoms in total. The third-order valence-electron chi connectivity index (χ3n) is 5.70. The van der Waals surface area contributed by atoms with E-state index in [1.54, 1.807) is 10.9 Å². The van der Waals surface area contributed by atoms with Gasteiger partial charge in [0.2, 0.25) is 0 Å². The Bertz CT molecular complexity index is 1010. The van der Waals surface area contributed by atoms with Crippen molar-refractivity contribution in [1.82, 2.24) is 14.5 Å². The number of amides is 1. The SMILES string of the molecule is CC1(C)O[C@@H]2[C@H](O1)[C@@H](COC1CCCCO1)O[C@H]2n1cnc2c(Cl)cc(NC(=O)O)nc21. The van der Waals surface area contributed by atoms with Crippen molar-refractivity contribution in [2.75, 3.05) is 18.5 Å². The lowest BCUT2D eigenvalue weighted by Crippen LogP contribution is -2.35. The smallest absolute Gasteiger partial charge is 0.410 e. The lowest BCUT2D eigenvalue weighted by atomic mass is 10.1. The number of pyridine rings is 1. The van der Waals surface area contributed by atoms with Gasteiger partial charge in [-0.3, -0.25) is 9.88 Å². The zero-order valence-electron chi connectivity index (χ0n) is 17.7. The zero-order valence-corrected chi connectivity index (χ0v) is 18.4. The van der Waals surface area contributed by atoms with E-state index in [9.17, 15) is 4.79 Å². The van der Waals surface area contributed by atoms with Gasteiger partial charge in [0.1, 0.15) is 29.6 Å². The summed E-state index contributed by atoms with van der Waals surface area (Å²) in [5, 5.41) is 11.5. The molecule has 0 bridgehead atoms. The number of halogens is 1. The van der Waals surface area contributed by atoms with E-state index < -0.39 is 30.3 Å². The highest BCUT2D eigenvalue weighted by Crippen LogP contribution is 2.44. The van der Waals surface area contributed by atoms with Gasteiger partial charge in [0.05, 0.1) is 18.0 Å². The molecule has 0 aromatic carbocycles. The van der Waals surface area contributed by atoms with Crippen LogP contribution in [-0.4, -0.2) is 69.3 Å². The van der Waals surface area contributed by atoms with E-state index in [2.05, 4.69) is 15.3 Å². The zero-order chi connectivity index (χ0) is 22.5. The van der Waals surface area contributed by atoms with Crippen LogP contribution in [0.25, 0.3) is 11.2 Å². The van der Waals surface area contributed by atoms with Crippen LogP contribution >= 0.6 is 11.6 Å². The number of ether oxygens (including phenoxy) is 5. The van der Waals surface area contributed by atoms with Crippen molar-refractivity contribution in [3.63, 3.8) is 0 Å². The molecule has 3 aliphatic rings. The van der Waals surface area contributed by atoms with Crippen LogP contribution in [0.3, 0.4) is 0 Å². The van der Waals surface area contributed by atoms with Crippen LogP contribution in [0.4, 0.5) is 10.6 Å². The topological polar surface area (TPSA) is 126 Å². The maximum Gasteiger partial charge on any atom is 0.410 e. The average molecular weight is 469 g/mol. The van der Waals surface area contributed by atoms with E-state index >= 15 is 0 Å². The molecule has 3 saturated heterocycles. The van der Waals surface area contributed by atoms with Gasteiger partial charge in [0.15, 0.2) is 24.0 Å². The summed E-state index contributed by atoms with van der Waals surface area (Å²) in [5.41, 5.74) is 0.798. The Balaban J connectivity index is 1.42. The van der Waals surface area contributed by atoms with E-state index in [1.807, 2.05) is 13.8 Å². The van der Waals surface area contributed by atoms with Gasteiger partial charge in [-0.25, -0.2) is 14.8 Å². The molecule has 5 rings (SSSR count). The van der Waals surface area contributed by atoms with Crippen LogP contribution in [0.15, 0.2) is 12.4 Å². The maximum absolute atomic E-state index is 11.1. The van der Waals surface area contributed by atoms with Crippen molar-refractivity contribution in [2.24, 2.45) is 0 Å². The molecule has 1 unspecified atom stereocenters. The number of hydrogen-bond acceptors (Lipinski definition) is 8. The minimum atomic E-state index is -1.24. The second kappa shape index (κ2) is 8.40. The number of nitrogens with zero attached hydrogens (tertiary/aromatic N) is 3. The summed E-state index contributed by atoms with van der Waals surface area (Å²) >= 11 is 6.31. The number of anilines is 1. The van der Waals surface area contributed by atoms with Gasteiger partial charge >= 0.3 is 6.09 Å². The number of nitrogens with one attached hydrogen (secondary N) is 1. The quantitative estimate of drug-likeness (QED) is 0.680. The molecule has 0 aliphatic carbocycles. The minimum Gasteiger partial charge on any atom is -0.465 e. The molecule has 2 aromatic heterocycles. The molecule has 5 heterocycles. The highest BCUT2D eigenvalue weighted by Gasteiger charge is 2.56. The van der Waals surface area contributed by atoms with Crippen LogP contribution in [0.2, 0.25) is 5.02 Å². The van der Waals surface area contributed by atoms with Crippen molar-refractivity contribution >= 4 is 34.7 Å². The summed E-state index contributed by atoms with van der Waals surface area (Å²) in [5.74, 6) is -0.710. The summed E-state index contributed by atoms with van der Waals surface area (Å²) in [6.07, 6.45) is 1.19. The van der Waals surface area contributed by atoms with Gasteiger partial charge in [0.25, 0.3) is 0 Å². The first-order valence-corrected chi connectivity index (χ1v) is 11.0. The lowest BCUT2D eigenvalue weighted by Gasteiger charge is -2.27. The van der Waals surface area contributed by atoms with E-state index in [4.69, 9.17) is 40.4 Å². The second-order valence-electron chi connectivity index (χ2n) is 8.50. The molecule has 12 heteroatoms. The number of hydrogen-bond donors (Lipinski definition) is 2. The van der Waals surface area contributed by atoms with Crippen molar-refractivity contribution in [2.45, 2.75) is 69.7 Å². The van der Waals surface area contributed by atoms with E-state index in [-0.39, 0.29) is 29.8 Å².